The van der Waals surface area contributed by atoms with Gasteiger partial charge in [0.2, 0.25) is 10.0 Å². The molecule has 0 saturated heterocycles. The standard InChI is InChI=1S/C16H25NO3S/c1-14(20-16-10-6-3-7-11-16)12-17-21(18,19)13-15-8-4-2-5-9-15/h3,6-7,10-11,14-15,17H,2,4-5,8-9,12-13H2,1H3. The Labute approximate surface area is 127 Å². The molecule has 1 fully saturated rings. The normalized spacial score (nSPS) is 18.3. The molecule has 1 aromatic rings. The highest BCUT2D eigenvalue weighted by atomic mass is 32.2. The van der Waals surface area contributed by atoms with Gasteiger partial charge in [-0.05, 0) is 37.8 Å². The number of ether oxygens (including phenoxy) is 1. The summed E-state index contributed by atoms with van der Waals surface area (Å²) in [5, 5.41) is 0. The van der Waals surface area contributed by atoms with Gasteiger partial charge in [0.1, 0.15) is 11.9 Å². The van der Waals surface area contributed by atoms with Crippen LogP contribution in [0.2, 0.25) is 0 Å². The molecule has 2 rings (SSSR count). The highest BCUT2D eigenvalue weighted by molar-refractivity contribution is 7.89. The average Bonchev–Trinajstić information content (AvgIpc) is 2.47. The minimum atomic E-state index is -3.20. The molecule has 1 aliphatic carbocycles. The molecule has 21 heavy (non-hydrogen) atoms. The first-order valence-corrected chi connectivity index (χ1v) is 9.39. The zero-order chi connectivity index (χ0) is 15.1. The lowest BCUT2D eigenvalue weighted by atomic mass is 9.91. The van der Waals surface area contributed by atoms with Gasteiger partial charge in [0.05, 0.1) is 5.75 Å². The van der Waals surface area contributed by atoms with E-state index in [1.807, 2.05) is 37.3 Å². The van der Waals surface area contributed by atoms with Crippen LogP contribution in [0, 0.1) is 5.92 Å². The Kier molecular flexibility index (Phi) is 6.06. The average molecular weight is 311 g/mol. The molecule has 0 aliphatic heterocycles. The van der Waals surface area contributed by atoms with Gasteiger partial charge in [-0.1, -0.05) is 37.5 Å². The molecule has 0 spiro atoms. The molecule has 1 unspecified atom stereocenters. The zero-order valence-electron chi connectivity index (χ0n) is 12.6. The molecule has 0 bridgehead atoms. The van der Waals surface area contributed by atoms with Gasteiger partial charge in [-0.2, -0.15) is 0 Å². The summed E-state index contributed by atoms with van der Waals surface area (Å²) >= 11 is 0. The van der Waals surface area contributed by atoms with Crippen molar-refractivity contribution in [3.63, 3.8) is 0 Å². The van der Waals surface area contributed by atoms with E-state index >= 15 is 0 Å². The molecular formula is C16H25NO3S. The van der Waals surface area contributed by atoms with Crippen LogP contribution in [-0.4, -0.2) is 26.8 Å². The number of nitrogens with one attached hydrogen (secondary N) is 1. The number of hydrogen-bond donors (Lipinski definition) is 1. The maximum atomic E-state index is 12.1. The summed E-state index contributed by atoms with van der Waals surface area (Å²) < 4.78 is 32.5. The highest BCUT2D eigenvalue weighted by Crippen LogP contribution is 2.24. The van der Waals surface area contributed by atoms with E-state index in [4.69, 9.17) is 4.74 Å². The molecule has 4 nitrogen and oxygen atoms in total. The summed E-state index contributed by atoms with van der Waals surface area (Å²) in [7, 11) is -3.20. The lowest BCUT2D eigenvalue weighted by Gasteiger charge is -2.22. The van der Waals surface area contributed by atoms with Crippen molar-refractivity contribution in [3.05, 3.63) is 30.3 Å². The molecule has 1 saturated carbocycles. The molecular weight excluding hydrogens is 286 g/mol. The van der Waals surface area contributed by atoms with Crippen LogP contribution in [0.25, 0.3) is 0 Å². The van der Waals surface area contributed by atoms with Crippen molar-refractivity contribution < 1.29 is 13.2 Å². The van der Waals surface area contributed by atoms with E-state index in [0.29, 0.717) is 12.5 Å². The van der Waals surface area contributed by atoms with E-state index in [2.05, 4.69) is 4.72 Å². The highest BCUT2D eigenvalue weighted by Gasteiger charge is 2.21. The third kappa shape index (κ3) is 6.06. The summed E-state index contributed by atoms with van der Waals surface area (Å²) in [6, 6.07) is 9.45. The molecule has 0 amide bonds. The number of benzene rings is 1. The van der Waals surface area contributed by atoms with Crippen molar-refractivity contribution in [1.82, 2.24) is 4.72 Å². The van der Waals surface area contributed by atoms with Gasteiger partial charge in [-0.25, -0.2) is 13.1 Å². The minimum Gasteiger partial charge on any atom is -0.489 e. The van der Waals surface area contributed by atoms with Crippen LogP contribution in [0.1, 0.15) is 39.0 Å². The van der Waals surface area contributed by atoms with Gasteiger partial charge in [-0.3, -0.25) is 0 Å². The Bertz CT molecular complexity index is 510. The third-order valence-electron chi connectivity index (χ3n) is 3.85. The van der Waals surface area contributed by atoms with E-state index in [-0.39, 0.29) is 11.9 Å². The van der Waals surface area contributed by atoms with Crippen molar-refractivity contribution in [1.29, 1.82) is 0 Å². The first-order chi connectivity index (χ1) is 10.1. The van der Waals surface area contributed by atoms with Crippen molar-refractivity contribution in [2.45, 2.75) is 45.1 Å². The van der Waals surface area contributed by atoms with E-state index in [1.165, 1.54) is 6.42 Å². The number of hydrogen-bond acceptors (Lipinski definition) is 3. The largest absolute Gasteiger partial charge is 0.489 e. The number of rotatable bonds is 7. The SMILES string of the molecule is CC(CNS(=O)(=O)CC1CCCCC1)Oc1ccccc1. The number of sulfonamides is 1. The monoisotopic (exact) mass is 311 g/mol. The zero-order valence-corrected chi connectivity index (χ0v) is 13.4. The fourth-order valence-corrected chi connectivity index (χ4v) is 4.30. The first-order valence-electron chi connectivity index (χ1n) is 7.74. The third-order valence-corrected chi connectivity index (χ3v) is 5.37. The Hall–Kier alpha value is -1.07. The molecule has 0 heterocycles. The van der Waals surface area contributed by atoms with Gasteiger partial charge < -0.3 is 4.74 Å². The second kappa shape index (κ2) is 7.80. The topological polar surface area (TPSA) is 55.4 Å². The van der Waals surface area contributed by atoms with Crippen molar-refractivity contribution in [2.75, 3.05) is 12.3 Å². The fraction of sp³-hybridized carbons (Fsp3) is 0.625. The van der Waals surface area contributed by atoms with E-state index in [0.717, 1.165) is 31.4 Å². The molecule has 0 radical (unpaired) electrons. The first kappa shape index (κ1) is 16.3. The van der Waals surface area contributed by atoms with Gasteiger partial charge in [-0.15, -0.1) is 0 Å². The van der Waals surface area contributed by atoms with Gasteiger partial charge in [0.15, 0.2) is 0 Å². The second-order valence-corrected chi connectivity index (χ2v) is 7.73. The maximum Gasteiger partial charge on any atom is 0.211 e. The van der Waals surface area contributed by atoms with Crippen LogP contribution in [-0.2, 0) is 10.0 Å². The Balaban J connectivity index is 1.75. The predicted octanol–water partition coefficient (Wildman–Crippen LogP) is 2.95. The van der Waals surface area contributed by atoms with Gasteiger partial charge in [0.25, 0.3) is 0 Å². The minimum absolute atomic E-state index is 0.187. The maximum absolute atomic E-state index is 12.1. The lowest BCUT2D eigenvalue weighted by Crippen LogP contribution is -2.37. The van der Waals surface area contributed by atoms with Crippen LogP contribution in [0.4, 0.5) is 0 Å². The molecule has 0 aromatic heterocycles. The summed E-state index contributed by atoms with van der Waals surface area (Å²) in [6.07, 6.45) is 5.45. The van der Waals surface area contributed by atoms with Crippen molar-refractivity contribution >= 4 is 10.0 Å². The Morgan fingerprint density at radius 3 is 2.52 bits per heavy atom. The summed E-state index contributed by atoms with van der Waals surface area (Å²) in [6.45, 7) is 2.18. The van der Waals surface area contributed by atoms with E-state index in [9.17, 15) is 8.42 Å². The quantitative estimate of drug-likeness (QED) is 0.842. The molecule has 1 aliphatic rings. The van der Waals surface area contributed by atoms with Crippen molar-refractivity contribution in [3.8, 4) is 5.75 Å². The lowest BCUT2D eigenvalue weighted by molar-refractivity contribution is 0.225. The Morgan fingerprint density at radius 2 is 1.86 bits per heavy atom. The molecule has 5 heteroatoms. The van der Waals surface area contributed by atoms with Gasteiger partial charge >= 0.3 is 0 Å². The summed E-state index contributed by atoms with van der Waals surface area (Å²) in [5.41, 5.74) is 0. The fourth-order valence-electron chi connectivity index (χ4n) is 2.74. The molecule has 118 valence electrons. The van der Waals surface area contributed by atoms with Crippen LogP contribution >= 0.6 is 0 Å². The van der Waals surface area contributed by atoms with Crippen LogP contribution in [0.15, 0.2) is 30.3 Å². The number of para-hydroxylation sites is 1. The van der Waals surface area contributed by atoms with Crippen LogP contribution in [0.5, 0.6) is 5.75 Å². The van der Waals surface area contributed by atoms with Crippen LogP contribution < -0.4 is 9.46 Å². The smallest absolute Gasteiger partial charge is 0.211 e. The van der Waals surface area contributed by atoms with E-state index < -0.39 is 10.0 Å². The van der Waals surface area contributed by atoms with Crippen molar-refractivity contribution in [2.24, 2.45) is 5.92 Å². The summed E-state index contributed by atoms with van der Waals surface area (Å²) in [5.74, 6) is 1.34. The van der Waals surface area contributed by atoms with Gasteiger partial charge in [0, 0.05) is 6.54 Å². The molecule has 1 N–H and O–H groups in total. The second-order valence-electron chi connectivity index (χ2n) is 5.88. The van der Waals surface area contributed by atoms with E-state index in [1.54, 1.807) is 0 Å². The predicted molar refractivity (Wildman–Crippen MR) is 84.9 cm³/mol. The Morgan fingerprint density at radius 1 is 1.19 bits per heavy atom. The summed E-state index contributed by atoms with van der Waals surface area (Å²) in [4.78, 5) is 0. The molecule has 1 aromatic carbocycles. The molecule has 1 atom stereocenters. The van der Waals surface area contributed by atoms with Crippen LogP contribution in [0.3, 0.4) is 0 Å².